The van der Waals surface area contributed by atoms with Crippen LogP contribution in [-0.4, -0.2) is 27.0 Å². The standard InChI is InChI=1S/C15H13ClN4S/c1-8(15-19-13(16)12(21)14(17)20-15)11-6-9-4-2-3-5-10(9)7-18-11/h2-8,14H,17H2,1H3. The topological polar surface area (TPSA) is 63.6 Å². The van der Waals surface area contributed by atoms with E-state index in [1.165, 1.54) is 0 Å². The molecule has 4 nitrogen and oxygen atoms in total. The average molecular weight is 317 g/mol. The second-order valence-corrected chi connectivity index (χ2v) is 5.67. The van der Waals surface area contributed by atoms with Gasteiger partial charge in [0.15, 0.2) is 0 Å². The summed E-state index contributed by atoms with van der Waals surface area (Å²) in [7, 11) is 0. The lowest BCUT2D eigenvalue weighted by atomic mass is 10.0. The molecule has 0 aliphatic carbocycles. The van der Waals surface area contributed by atoms with E-state index in [1.807, 2.05) is 43.5 Å². The van der Waals surface area contributed by atoms with E-state index >= 15 is 0 Å². The first-order chi connectivity index (χ1) is 10.1. The first kappa shape index (κ1) is 14.3. The third-order valence-electron chi connectivity index (χ3n) is 3.44. The van der Waals surface area contributed by atoms with Gasteiger partial charge in [-0.05, 0) is 18.4 Å². The van der Waals surface area contributed by atoms with Crippen LogP contribution in [-0.2, 0) is 0 Å². The van der Waals surface area contributed by atoms with Gasteiger partial charge in [-0.3, -0.25) is 4.98 Å². The number of benzene rings is 1. The molecule has 2 heterocycles. The number of nitrogens with zero attached hydrogens (tertiary/aromatic N) is 3. The van der Waals surface area contributed by atoms with E-state index < -0.39 is 6.17 Å². The van der Waals surface area contributed by atoms with Gasteiger partial charge in [0.2, 0.25) is 0 Å². The predicted molar refractivity (Wildman–Crippen MR) is 91.5 cm³/mol. The Morgan fingerprint density at radius 1 is 1.29 bits per heavy atom. The second kappa shape index (κ2) is 5.60. The van der Waals surface area contributed by atoms with Crippen molar-refractivity contribution in [1.82, 2.24) is 4.98 Å². The minimum Gasteiger partial charge on any atom is -0.305 e. The largest absolute Gasteiger partial charge is 0.305 e. The molecule has 0 bridgehead atoms. The minimum atomic E-state index is -0.608. The maximum absolute atomic E-state index is 6.01. The third-order valence-corrected chi connectivity index (χ3v) is 4.27. The Morgan fingerprint density at radius 2 is 2.00 bits per heavy atom. The number of hydrogen-bond acceptors (Lipinski definition) is 5. The van der Waals surface area contributed by atoms with Crippen molar-refractivity contribution in [2.75, 3.05) is 0 Å². The molecular formula is C15H13ClN4S. The van der Waals surface area contributed by atoms with Crippen LogP contribution in [0.3, 0.4) is 0 Å². The van der Waals surface area contributed by atoms with E-state index in [0.717, 1.165) is 16.5 Å². The van der Waals surface area contributed by atoms with Gasteiger partial charge in [0.05, 0.1) is 16.5 Å². The van der Waals surface area contributed by atoms with Crippen LogP contribution in [0.2, 0.25) is 0 Å². The molecule has 2 aromatic rings. The number of pyridine rings is 1. The van der Waals surface area contributed by atoms with Crippen molar-refractivity contribution in [3.8, 4) is 0 Å². The molecule has 1 aromatic carbocycles. The van der Waals surface area contributed by atoms with Gasteiger partial charge < -0.3 is 5.73 Å². The van der Waals surface area contributed by atoms with Crippen molar-refractivity contribution < 1.29 is 0 Å². The van der Waals surface area contributed by atoms with Gasteiger partial charge in [-0.1, -0.05) is 48.1 Å². The van der Waals surface area contributed by atoms with E-state index in [9.17, 15) is 0 Å². The highest BCUT2D eigenvalue weighted by Gasteiger charge is 2.24. The Hall–Kier alpha value is -1.69. The number of rotatable bonds is 2. The zero-order valence-electron chi connectivity index (χ0n) is 11.3. The minimum absolute atomic E-state index is 0.0995. The van der Waals surface area contributed by atoms with Gasteiger partial charge in [-0.25, -0.2) is 9.98 Å². The lowest BCUT2D eigenvalue weighted by molar-refractivity contribution is 0.878. The zero-order chi connectivity index (χ0) is 15.0. The maximum Gasteiger partial charge on any atom is 0.148 e. The summed E-state index contributed by atoms with van der Waals surface area (Å²) in [5.74, 6) is 0.460. The Kier molecular flexibility index (Phi) is 3.80. The molecule has 0 saturated heterocycles. The number of nitrogens with two attached hydrogens (primary N) is 1. The quantitative estimate of drug-likeness (QED) is 0.866. The molecule has 1 aromatic heterocycles. The molecule has 106 valence electrons. The van der Waals surface area contributed by atoms with Crippen LogP contribution in [0.15, 0.2) is 46.5 Å². The van der Waals surface area contributed by atoms with Crippen molar-refractivity contribution in [3.05, 3.63) is 42.2 Å². The Balaban J connectivity index is 1.99. The van der Waals surface area contributed by atoms with Gasteiger partial charge in [0, 0.05) is 11.6 Å². The fourth-order valence-electron chi connectivity index (χ4n) is 2.19. The number of thiocarbonyl (C=S) groups is 1. The first-order valence-corrected chi connectivity index (χ1v) is 7.31. The van der Waals surface area contributed by atoms with Crippen LogP contribution in [0, 0.1) is 0 Å². The zero-order valence-corrected chi connectivity index (χ0v) is 12.9. The summed E-state index contributed by atoms with van der Waals surface area (Å²) < 4.78 is 0. The van der Waals surface area contributed by atoms with E-state index in [0.29, 0.717) is 10.7 Å². The fourth-order valence-corrected chi connectivity index (χ4v) is 2.48. The number of hydrogen-bond donors (Lipinski definition) is 1. The van der Waals surface area contributed by atoms with E-state index in [-0.39, 0.29) is 11.1 Å². The molecule has 0 radical (unpaired) electrons. The Morgan fingerprint density at radius 3 is 2.71 bits per heavy atom. The molecule has 2 atom stereocenters. The van der Waals surface area contributed by atoms with Crippen molar-refractivity contribution in [3.63, 3.8) is 0 Å². The number of aliphatic imine (C=N–C) groups is 2. The van der Waals surface area contributed by atoms with Crippen LogP contribution < -0.4 is 5.73 Å². The highest BCUT2D eigenvalue weighted by Crippen LogP contribution is 2.22. The monoisotopic (exact) mass is 316 g/mol. The average Bonchev–Trinajstić information content (AvgIpc) is 2.51. The molecule has 0 saturated carbocycles. The van der Waals surface area contributed by atoms with Gasteiger partial charge >= 0.3 is 0 Å². The molecule has 21 heavy (non-hydrogen) atoms. The normalized spacial score (nSPS) is 20.1. The maximum atomic E-state index is 6.01. The summed E-state index contributed by atoms with van der Waals surface area (Å²) in [6, 6.07) is 10.1. The van der Waals surface area contributed by atoms with E-state index in [2.05, 4.69) is 15.0 Å². The summed E-state index contributed by atoms with van der Waals surface area (Å²) in [5, 5.41) is 2.47. The Bertz CT molecular complexity index is 784. The van der Waals surface area contributed by atoms with Crippen molar-refractivity contribution >= 4 is 50.5 Å². The highest BCUT2D eigenvalue weighted by atomic mass is 35.5. The van der Waals surface area contributed by atoms with Crippen LogP contribution in [0.1, 0.15) is 18.5 Å². The van der Waals surface area contributed by atoms with Crippen molar-refractivity contribution in [2.45, 2.75) is 19.0 Å². The van der Waals surface area contributed by atoms with Crippen LogP contribution in [0.5, 0.6) is 0 Å². The molecule has 1 aliphatic heterocycles. The number of amidine groups is 1. The molecule has 0 fully saturated rings. The Labute approximate surface area is 132 Å². The number of aromatic nitrogens is 1. The van der Waals surface area contributed by atoms with E-state index in [1.54, 1.807) is 0 Å². The molecule has 1 aliphatic rings. The van der Waals surface area contributed by atoms with Crippen LogP contribution >= 0.6 is 23.8 Å². The van der Waals surface area contributed by atoms with Crippen LogP contribution in [0.25, 0.3) is 10.8 Å². The van der Waals surface area contributed by atoms with Crippen molar-refractivity contribution in [2.24, 2.45) is 15.7 Å². The van der Waals surface area contributed by atoms with Crippen LogP contribution in [0.4, 0.5) is 0 Å². The lowest BCUT2D eigenvalue weighted by Gasteiger charge is -2.19. The highest BCUT2D eigenvalue weighted by molar-refractivity contribution is 7.82. The summed E-state index contributed by atoms with van der Waals surface area (Å²) >= 11 is 11.1. The molecule has 0 spiro atoms. The molecule has 0 amide bonds. The second-order valence-electron chi connectivity index (χ2n) is 4.88. The third kappa shape index (κ3) is 2.72. The van der Waals surface area contributed by atoms with E-state index in [4.69, 9.17) is 29.6 Å². The fraction of sp³-hybridized carbons (Fsp3) is 0.200. The molecule has 2 N–H and O–H groups in total. The summed E-state index contributed by atoms with van der Waals surface area (Å²) in [4.78, 5) is 13.4. The van der Waals surface area contributed by atoms with Gasteiger partial charge in [0.1, 0.15) is 17.2 Å². The molecule has 2 unspecified atom stereocenters. The number of fused-ring (bicyclic) bond motifs is 1. The SMILES string of the molecule is CC(C1=NC(N)C(=S)C(Cl)=N1)c1cc2ccccc2cn1. The molecular weight excluding hydrogens is 304 g/mol. The summed E-state index contributed by atoms with van der Waals surface area (Å²) in [6.45, 7) is 1.98. The van der Waals surface area contributed by atoms with Crippen molar-refractivity contribution in [1.29, 1.82) is 0 Å². The van der Waals surface area contributed by atoms with Gasteiger partial charge in [-0.2, -0.15) is 0 Å². The summed E-state index contributed by atoms with van der Waals surface area (Å²) in [5.41, 5.74) is 6.73. The first-order valence-electron chi connectivity index (χ1n) is 6.52. The lowest BCUT2D eigenvalue weighted by Crippen LogP contribution is -2.36. The smallest absolute Gasteiger partial charge is 0.148 e. The van der Waals surface area contributed by atoms with Gasteiger partial charge in [0.25, 0.3) is 0 Å². The molecule has 6 heteroatoms. The van der Waals surface area contributed by atoms with Gasteiger partial charge in [-0.15, -0.1) is 0 Å². The molecule has 3 rings (SSSR count). The summed E-state index contributed by atoms with van der Waals surface area (Å²) in [6.07, 6.45) is 1.24. The number of halogens is 1. The predicted octanol–water partition coefficient (Wildman–Crippen LogP) is 3.04.